The number of carbonyl (C=O) groups excluding carboxylic acids is 1. The summed E-state index contributed by atoms with van der Waals surface area (Å²) >= 11 is 1.09. The van der Waals surface area contributed by atoms with Gasteiger partial charge in [0.25, 0.3) is 5.91 Å². The van der Waals surface area contributed by atoms with Gasteiger partial charge in [0.15, 0.2) is 0 Å². The van der Waals surface area contributed by atoms with Gasteiger partial charge in [0.2, 0.25) is 0 Å². The number of rotatable bonds is 5. The Morgan fingerprint density at radius 2 is 2.45 bits per heavy atom. The van der Waals surface area contributed by atoms with Crippen LogP contribution >= 0.6 is 11.5 Å². The first-order chi connectivity index (χ1) is 10.8. The van der Waals surface area contributed by atoms with Gasteiger partial charge in [0.05, 0.1) is 13.2 Å². The second-order valence-corrected chi connectivity index (χ2v) is 5.78. The van der Waals surface area contributed by atoms with Crippen LogP contribution in [0.4, 0.5) is 0 Å². The SMILES string of the molecule is COc1cccc(-c2nnsc2C(=O)NC[C@H]2CCCO2)c1. The fraction of sp³-hybridized carbons (Fsp3) is 0.400. The molecular formula is C15H17N3O3S. The molecule has 0 saturated carbocycles. The van der Waals surface area contributed by atoms with Crippen molar-refractivity contribution in [2.75, 3.05) is 20.3 Å². The smallest absolute Gasteiger partial charge is 0.265 e. The monoisotopic (exact) mass is 319 g/mol. The zero-order valence-corrected chi connectivity index (χ0v) is 13.1. The van der Waals surface area contributed by atoms with E-state index in [1.54, 1.807) is 7.11 Å². The number of hydrogen-bond acceptors (Lipinski definition) is 6. The van der Waals surface area contributed by atoms with Crippen LogP contribution in [0.1, 0.15) is 22.5 Å². The summed E-state index contributed by atoms with van der Waals surface area (Å²) in [5, 5.41) is 6.98. The summed E-state index contributed by atoms with van der Waals surface area (Å²) in [6.45, 7) is 1.30. The number of nitrogens with one attached hydrogen (secondary N) is 1. The predicted molar refractivity (Wildman–Crippen MR) is 83.2 cm³/mol. The first-order valence-corrected chi connectivity index (χ1v) is 7.92. The summed E-state index contributed by atoms with van der Waals surface area (Å²) in [6.07, 6.45) is 2.16. The third kappa shape index (κ3) is 3.26. The van der Waals surface area contributed by atoms with E-state index in [4.69, 9.17) is 9.47 Å². The van der Waals surface area contributed by atoms with Gasteiger partial charge in [0, 0.05) is 18.7 Å². The minimum Gasteiger partial charge on any atom is -0.497 e. The Morgan fingerprint density at radius 1 is 1.55 bits per heavy atom. The number of amides is 1. The Morgan fingerprint density at radius 3 is 3.23 bits per heavy atom. The zero-order valence-electron chi connectivity index (χ0n) is 12.2. The van der Waals surface area contributed by atoms with Crippen molar-refractivity contribution in [2.24, 2.45) is 0 Å². The minimum absolute atomic E-state index is 0.116. The molecule has 22 heavy (non-hydrogen) atoms. The van der Waals surface area contributed by atoms with Gasteiger partial charge in [-0.05, 0) is 36.5 Å². The van der Waals surface area contributed by atoms with E-state index in [9.17, 15) is 4.79 Å². The van der Waals surface area contributed by atoms with E-state index >= 15 is 0 Å². The van der Waals surface area contributed by atoms with Crippen LogP contribution in [0.2, 0.25) is 0 Å². The molecule has 1 fully saturated rings. The molecular weight excluding hydrogens is 302 g/mol. The molecule has 1 aliphatic heterocycles. The molecule has 2 heterocycles. The molecule has 116 valence electrons. The summed E-state index contributed by atoms with van der Waals surface area (Å²) in [7, 11) is 1.60. The van der Waals surface area contributed by atoms with E-state index in [0.29, 0.717) is 17.1 Å². The Balaban J connectivity index is 1.74. The Labute approximate surface area is 132 Å². The lowest BCUT2D eigenvalue weighted by atomic mass is 10.1. The lowest BCUT2D eigenvalue weighted by molar-refractivity contribution is 0.0861. The van der Waals surface area contributed by atoms with Gasteiger partial charge in [-0.25, -0.2) is 0 Å². The topological polar surface area (TPSA) is 73.3 Å². The first kappa shape index (κ1) is 14.9. The molecule has 0 radical (unpaired) electrons. The Kier molecular flexibility index (Phi) is 4.65. The fourth-order valence-electron chi connectivity index (χ4n) is 2.39. The van der Waals surface area contributed by atoms with Crippen molar-refractivity contribution >= 4 is 17.4 Å². The summed E-state index contributed by atoms with van der Waals surface area (Å²) in [5.74, 6) is 0.555. The van der Waals surface area contributed by atoms with E-state index in [-0.39, 0.29) is 12.0 Å². The highest BCUT2D eigenvalue weighted by atomic mass is 32.1. The standard InChI is InChI=1S/C15H17N3O3S/c1-20-11-5-2-4-10(8-11)13-14(22-18-17-13)15(19)16-9-12-6-3-7-21-12/h2,4-5,8,12H,3,6-7,9H2,1H3,(H,16,19)/t12-/m1/s1. The quantitative estimate of drug-likeness (QED) is 0.914. The molecule has 3 rings (SSSR count). The highest BCUT2D eigenvalue weighted by Gasteiger charge is 2.21. The van der Waals surface area contributed by atoms with E-state index in [2.05, 4.69) is 14.9 Å². The summed E-state index contributed by atoms with van der Waals surface area (Å²) in [6, 6.07) is 7.44. The van der Waals surface area contributed by atoms with Crippen LogP contribution in [0, 0.1) is 0 Å². The average molecular weight is 319 g/mol. The molecule has 6 nitrogen and oxygen atoms in total. The lowest BCUT2D eigenvalue weighted by Crippen LogP contribution is -2.31. The maximum Gasteiger partial charge on any atom is 0.265 e. The maximum atomic E-state index is 12.3. The molecule has 1 aromatic carbocycles. The van der Waals surface area contributed by atoms with Gasteiger partial charge in [-0.1, -0.05) is 16.6 Å². The van der Waals surface area contributed by atoms with Crippen molar-refractivity contribution in [3.63, 3.8) is 0 Å². The molecule has 1 aromatic heterocycles. The van der Waals surface area contributed by atoms with Gasteiger partial charge in [-0.3, -0.25) is 4.79 Å². The van der Waals surface area contributed by atoms with E-state index in [1.807, 2.05) is 24.3 Å². The maximum absolute atomic E-state index is 12.3. The number of aromatic nitrogens is 2. The van der Waals surface area contributed by atoms with Crippen molar-refractivity contribution in [1.82, 2.24) is 14.9 Å². The molecule has 7 heteroatoms. The number of nitrogens with zero attached hydrogens (tertiary/aromatic N) is 2. The molecule has 1 saturated heterocycles. The molecule has 1 amide bonds. The van der Waals surface area contributed by atoms with Crippen molar-refractivity contribution in [2.45, 2.75) is 18.9 Å². The number of hydrogen-bond donors (Lipinski definition) is 1. The van der Waals surface area contributed by atoms with Gasteiger partial charge >= 0.3 is 0 Å². The Hall–Kier alpha value is -1.99. The van der Waals surface area contributed by atoms with Crippen molar-refractivity contribution < 1.29 is 14.3 Å². The molecule has 1 atom stereocenters. The summed E-state index contributed by atoms with van der Waals surface area (Å²) in [4.78, 5) is 12.8. The first-order valence-electron chi connectivity index (χ1n) is 7.14. The lowest BCUT2D eigenvalue weighted by Gasteiger charge is -2.10. The van der Waals surface area contributed by atoms with Crippen LogP contribution in [-0.4, -0.2) is 41.9 Å². The van der Waals surface area contributed by atoms with Crippen molar-refractivity contribution in [1.29, 1.82) is 0 Å². The molecule has 0 aliphatic carbocycles. The van der Waals surface area contributed by atoms with Gasteiger partial charge < -0.3 is 14.8 Å². The van der Waals surface area contributed by atoms with Gasteiger partial charge in [-0.15, -0.1) is 5.10 Å². The van der Waals surface area contributed by atoms with Crippen LogP contribution in [0.3, 0.4) is 0 Å². The van der Waals surface area contributed by atoms with Crippen LogP contribution < -0.4 is 10.1 Å². The van der Waals surface area contributed by atoms with Gasteiger partial charge in [0.1, 0.15) is 16.3 Å². The minimum atomic E-state index is -0.164. The normalized spacial score (nSPS) is 17.4. The zero-order chi connectivity index (χ0) is 15.4. The number of ether oxygens (including phenoxy) is 2. The largest absolute Gasteiger partial charge is 0.497 e. The molecule has 0 unspecified atom stereocenters. The molecule has 1 N–H and O–H groups in total. The second kappa shape index (κ2) is 6.85. The molecule has 0 bridgehead atoms. The second-order valence-electron chi connectivity index (χ2n) is 5.03. The molecule has 1 aliphatic rings. The van der Waals surface area contributed by atoms with E-state index in [1.165, 1.54) is 0 Å². The van der Waals surface area contributed by atoms with Crippen molar-refractivity contribution in [3.8, 4) is 17.0 Å². The number of benzene rings is 1. The van der Waals surface area contributed by atoms with E-state index < -0.39 is 0 Å². The number of methoxy groups -OCH3 is 1. The fourth-order valence-corrected chi connectivity index (χ4v) is 3.00. The highest BCUT2D eigenvalue weighted by molar-refractivity contribution is 7.08. The third-order valence-electron chi connectivity index (χ3n) is 3.55. The van der Waals surface area contributed by atoms with Crippen LogP contribution in [0.25, 0.3) is 11.3 Å². The third-order valence-corrected chi connectivity index (χ3v) is 4.28. The van der Waals surface area contributed by atoms with Crippen molar-refractivity contribution in [3.05, 3.63) is 29.1 Å². The average Bonchev–Trinajstić information content (AvgIpc) is 3.24. The van der Waals surface area contributed by atoms with Crippen LogP contribution in [0.5, 0.6) is 5.75 Å². The summed E-state index contributed by atoms with van der Waals surface area (Å²) in [5.41, 5.74) is 1.39. The van der Waals surface area contributed by atoms with E-state index in [0.717, 1.165) is 42.3 Å². The molecule has 2 aromatic rings. The number of carbonyl (C=O) groups is 1. The van der Waals surface area contributed by atoms with Gasteiger partial charge in [-0.2, -0.15) is 0 Å². The highest BCUT2D eigenvalue weighted by Crippen LogP contribution is 2.27. The van der Waals surface area contributed by atoms with Crippen LogP contribution in [0.15, 0.2) is 24.3 Å². The molecule has 0 spiro atoms. The predicted octanol–water partition coefficient (Wildman–Crippen LogP) is 2.12. The summed E-state index contributed by atoms with van der Waals surface area (Å²) < 4.78 is 14.6. The Bertz CT molecular complexity index is 653. The van der Waals surface area contributed by atoms with Crippen LogP contribution in [-0.2, 0) is 4.74 Å².